The first-order valence-electron chi connectivity index (χ1n) is 8.15. The van der Waals surface area contributed by atoms with Gasteiger partial charge < -0.3 is 20.0 Å². The Kier molecular flexibility index (Phi) is 7.11. The first-order chi connectivity index (χ1) is 13.0. The third-order valence-electron chi connectivity index (χ3n) is 4.21. The molecule has 10 heteroatoms. The molecule has 0 aliphatic carbocycles. The number of rotatable bonds is 6. The van der Waals surface area contributed by atoms with Crippen molar-refractivity contribution in [2.24, 2.45) is 5.73 Å². The average Bonchev–Trinajstić information content (AvgIpc) is 3.04. The van der Waals surface area contributed by atoms with Crippen molar-refractivity contribution in [3.05, 3.63) is 68.4 Å². The fraction of sp³-hybridized carbons (Fsp3) is 0.222. The molecule has 0 radical (unpaired) electrons. The van der Waals surface area contributed by atoms with E-state index in [4.69, 9.17) is 22.7 Å². The van der Waals surface area contributed by atoms with Gasteiger partial charge in [0.1, 0.15) is 12.1 Å². The van der Waals surface area contributed by atoms with Gasteiger partial charge >= 0.3 is 0 Å². The van der Waals surface area contributed by atoms with Crippen LogP contribution in [-0.4, -0.2) is 27.7 Å². The molecule has 0 amide bonds. The number of fused-ring (bicyclic) bond motifs is 1. The molecule has 4 N–H and O–H groups in total. The average molecular weight is 429 g/mol. The van der Waals surface area contributed by atoms with E-state index in [1.165, 1.54) is 6.07 Å². The molecule has 0 bridgehead atoms. The van der Waals surface area contributed by atoms with Crippen LogP contribution in [0.15, 0.2) is 41.1 Å². The maximum absolute atomic E-state index is 14.9. The molecule has 28 heavy (non-hydrogen) atoms. The molecule has 0 fully saturated rings. The van der Waals surface area contributed by atoms with Crippen molar-refractivity contribution in [3.63, 3.8) is 0 Å². The van der Waals surface area contributed by atoms with Crippen molar-refractivity contribution in [2.75, 3.05) is 13.2 Å². The van der Waals surface area contributed by atoms with Crippen LogP contribution < -0.4 is 16.0 Å². The highest BCUT2D eigenvalue weighted by molar-refractivity contribution is 7.71. The summed E-state index contributed by atoms with van der Waals surface area (Å²) in [7, 11) is 0. The van der Waals surface area contributed by atoms with Crippen molar-refractivity contribution < 1.29 is 13.5 Å². The van der Waals surface area contributed by atoms with E-state index in [0.717, 1.165) is 5.56 Å². The van der Waals surface area contributed by atoms with Gasteiger partial charge in [-0.25, -0.2) is 8.78 Å². The second kappa shape index (κ2) is 9.13. The molecular formula is C18H19ClF2N4O2S. The number of benzene rings is 1. The van der Waals surface area contributed by atoms with E-state index in [1.807, 2.05) is 6.92 Å². The van der Waals surface area contributed by atoms with Gasteiger partial charge in [-0.15, -0.1) is 12.4 Å². The molecule has 0 unspecified atom stereocenters. The van der Waals surface area contributed by atoms with Crippen molar-refractivity contribution in [3.8, 4) is 5.75 Å². The number of H-pyrrole nitrogens is 2. The Morgan fingerprint density at radius 2 is 2.18 bits per heavy atom. The van der Waals surface area contributed by atoms with Gasteiger partial charge in [0.25, 0.3) is 5.56 Å². The highest BCUT2D eigenvalue weighted by Crippen LogP contribution is 2.23. The van der Waals surface area contributed by atoms with Gasteiger partial charge in [-0.05, 0) is 30.8 Å². The number of nitrogens with zero attached hydrogens (tertiary/aromatic N) is 1. The first kappa shape index (κ1) is 21.8. The van der Waals surface area contributed by atoms with E-state index >= 15 is 0 Å². The number of aromatic nitrogens is 3. The van der Waals surface area contributed by atoms with Gasteiger partial charge in [0, 0.05) is 23.9 Å². The summed E-state index contributed by atoms with van der Waals surface area (Å²) in [4.78, 5) is 17.5. The van der Waals surface area contributed by atoms with Crippen LogP contribution in [0, 0.1) is 17.5 Å². The summed E-state index contributed by atoms with van der Waals surface area (Å²) in [6, 6.07) is 4.68. The highest BCUT2D eigenvalue weighted by atomic mass is 35.5. The van der Waals surface area contributed by atoms with Gasteiger partial charge in [-0.2, -0.15) is 0 Å². The molecule has 0 spiro atoms. The summed E-state index contributed by atoms with van der Waals surface area (Å²) in [6.45, 7) is 1.76. The fourth-order valence-electron chi connectivity index (χ4n) is 2.78. The van der Waals surface area contributed by atoms with E-state index in [2.05, 4.69) is 9.97 Å². The minimum atomic E-state index is -0.581. The predicted octanol–water partition coefficient (Wildman–Crippen LogP) is 3.50. The zero-order chi connectivity index (χ0) is 19.6. The largest absolute Gasteiger partial charge is 0.486 e. The van der Waals surface area contributed by atoms with Crippen LogP contribution in [0.3, 0.4) is 0 Å². The maximum atomic E-state index is 14.9. The minimum absolute atomic E-state index is 0. The quantitative estimate of drug-likeness (QED) is 0.524. The Labute approximate surface area is 170 Å². The smallest absolute Gasteiger partial charge is 0.276 e. The number of halogens is 3. The molecule has 0 aliphatic rings. The fourth-order valence-corrected chi connectivity index (χ4v) is 3.03. The van der Waals surface area contributed by atoms with Gasteiger partial charge in [0.15, 0.2) is 16.3 Å². The maximum Gasteiger partial charge on any atom is 0.276 e. The Morgan fingerprint density at radius 3 is 2.86 bits per heavy atom. The van der Waals surface area contributed by atoms with Crippen molar-refractivity contribution in [1.29, 1.82) is 0 Å². The zero-order valence-corrected chi connectivity index (χ0v) is 16.6. The lowest BCUT2D eigenvalue weighted by Crippen LogP contribution is -2.16. The summed E-state index contributed by atoms with van der Waals surface area (Å²) in [5, 5.41) is 0. The Hall–Kier alpha value is -2.49. The molecule has 2 aromatic heterocycles. The van der Waals surface area contributed by atoms with Crippen LogP contribution in [0.2, 0.25) is 0 Å². The standard InChI is InChI=1S/C18H18F2N4O2S.ClH/c1-10-7-22-15-16(10)24(18(27)23-17(15)25)8-12-3-2-4-13(14(12)20)26-9-11(5-19)6-21;/h2-5,7,22H,6,8-9,21H2,1H3,(H,23,25,27);1H/b11-5+;. The van der Waals surface area contributed by atoms with Crippen LogP contribution in [0.1, 0.15) is 11.1 Å². The lowest BCUT2D eigenvalue weighted by molar-refractivity contribution is 0.327. The van der Waals surface area contributed by atoms with Crippen molar-refractivity contribution in [2.45, 2.75) is 13.5 Å². The Balaban J connectivity index is 0.00000280. The molecule has 0 atom stereocenters. The van der Waals surface area contributed by atoms with E-state index in [1.54, 1.807) is 22.9 Å². The van der Waals surface area contributed by atoms with Gasteiger partial charge in [-0.3, -0.25) is 9.78 Å². The first-order valence-corrected chi connectivity index (χ1v) is 8.56. The molecule has 2 heterocycles. The lowest BCUT2D eigenvalue weighted by Gasteiger charge is -2.13. The molecule has 1 aromatic carbocycles. The second-order valence-electron chi connectivity index (χ2n) is 6.03. The molecule has 150 valence electrons. The van der Waals surface area contributed by atoms with E-state index in [0.29, 0.717) is 22.9 Å². The Bertz CT molecular complexity index is 1140. The van der Waals surface area contributed by atoms with Gasteiger partial charge in [0.2, 0.25) is 0 Å². The van der Waals surface area contributed by atoms with Crippen molar-refractivity contribution >= 4 is 35.7 Å². The number of hydrogen-bond acceptors (Lipinski definition) is 4. The summed E-state index contributed by atoms with van der Waals surface area (Å²) in [5.74, 6) is -0.597. The monoisotopic (exact) mass is 428 g/mol. The topological polar surface area (TPSA) is 88.8 Å². The van der Waals surface area contributed by atoms with Crippen LogP contribution in [0.5, 0.6) is 5.75 Å². The van der Waals surface area contributed by atoms with Crippen LogP contribution >= 0.6 is 24.6 Å². The molecular weight excluding hydrogens is 410 g/mol. The van der Waals surface area contributed by atoms with Crippen LogP contribution in [0.25, 0.3) is 11.0 Å². The summed E-state index contributed by atoms with van der Waals surface area (Å²) in [5.41, 5.74) is 7.37. The third kappa shape index (κ3) is 4.16. The van der Waals surface area contributed by atoms with E-state index in [9.17, 15) is 13.6 Å². The van der Waals surface area contributed by atoms with Crippen molar-refractivity contribution in [1.82, 2.24) is 14.5 Å². The Morgan fingerprint density at radius 1 is 1.43 bits per heavy atom. The summed E-state index contributed by atoms with van der Waals surface area (Å²) in [6.07, 6.45) is 2.05. The molecule has 3 rings (SSSR count). The van der Waals surface area contributed by atoms with Crippen LogP contribution in [-0.2, 0) is 6.54 Å². The lowest BCUT2D eigenvalue weighted by atomic mass is 10.2. The molecule has 0 saturated carbocycles. The second-order valence-corrected chi connectivity index (χ2v) is 6.42. The molecule has 6 nitrogen and oxygen atoms in total. The number of aromatic amines is 2. The number of nitrogens with one attached hydrogen (secondary N) is 2. The van der Waals surface area contributed by atoms with Crippen LogP contribution in [0.4, 0.5) is 8.78 Å². The normalized spacial score (nSPS) is 11.5. The number of hydrogen-bond donors (Lipinski definition) is 3. The third-order valence-corrected chi connectivity index (χ3v) is 4.53. The highest BCUT2D eigenvalue weighted by Gasteiger charge is 2.14. The minimum Gasteiger partial charge on any atom is -0.486 e. The number of aryl methyl sites for hydroxylation is 1. The molecule has 0 aliphatic heterocycles. The number of nitrogens with two attached hydrogens (primary N) is 1. The zero-order valence-electron chi connectivity index (χ0n) is 14.9. The summed E-state index contributed by atoms with van der Waals surface area (Å²) < 4.78 is 34.6. The van der Waals surface area contributed by atoms with Gasteiger partial charge in [-0.1, -0.05) is 12.1 Å². The van der Waals surface area contributed by atoms with E-state index in [-0.39, 0.29) is 53.8 Å². The SMILES string of the molecule is Cc1c[nH]c2c(=O)[nH]c(=S)n(Cc3cccc(OC/C(=C/F)CN)c3F)c12.Cl. The predicted molar refractivity (Wildman–Crippen MR) is 109 cm³/mol. The van der Waals surface area contributed by atoms with E-state index < -0.39 is 5.82 Å². The van der Waals surface area contributed by atoms with Gasteiger partial charge in [0.05, 0.1) is 18.4 Å². The molecule has 3 aromatic rings. The molecule has 0 saturated heterocycles. The summed E-state index contributed by atoms with van der Waals surface area (Å²) >= 11 is 5.26. The number of ether oxygens (including phenoxy) is 1.